The van der Waals surface area contributed by atoms with E-state index in [0.29, 0.717) is 13.1 Å². The molecule has 0 aromatic heterocycles. The van der Waals surface area contributed by atoms with Crippen LogP contribution in [0.15, 0.2) is 12.1 Å². The molecule has 3 nitrogen and oxygen atoms in total. The molecule has 1 heterocycles. The normalized spacial score (nSPS) is 18.0. The first-order valence-corrected chi connectivity index (χ1v) is 7.35. The van der Waals surface area contributed by atoms with E-state index in [1.165, 1.54) is 4.90 Å². The molecular weight excluding hydrogens is 355 g/mol. The highest BCUT2D eigenvalue weighted by molar-refractivity contribution is 5.39. The third-order valence-electron chi connectivity index (χ3n) is 3.97. The second-order valence-electron chi connectivity index (χ2n) is 5.58. The molecule has 1 aromatic rings. The van der Waals surface area contributed by atoms with Crippen LogP contribution in [-0.2, 0) is 12.4 Å². The van der Waals surface area contributed by atoms with E-state index in [1.807, 2.05) is 0 Å². The summed E-state index contributed by atoms with van der Waals surface area (Å²) < 4.78 is 92.6. The number of alkyl halides is 6. The van der Waals surface area contributed by atoms with E-state index < -0.39 is 47.3 Å². The number of nitrogens with zero attached hydrogens (tertiary/aromatic N) is 2. The van der Waals surface area contributed by atoms with Gasteiger partial charge in [-0.25, -0.2) is 4.39 Å². The molecule has 1 saturated heterocycles. The maximum atomic E-state index is 14.3. The Morgan fingerprint density at radius 3 is 2.16 bits per heavy atom. The van der Waals surface area contributed by atoms with Crippen molar-refractivity contribution in [2.75, 3.05) is 26.2 Å². The molecule has 1 atom stereocenters. The SMILES string of the molecule is N#CC[C@@H](c1c(F)cc(C(F)(F)F)cc1C(F)(F)F)N1CCNCC1. The molecule has 0 unspecified atom stereocenters. The van der Waals surface area contributed by atoms with Gasteiger partial charge in [-0.05, 0) is 12.1 Å². The Labute approximate surface area is 139 Å². The van der Waals surface area contributed by atoms with Gasteiger partial charge in [0.05, 0.1) is 29.7 Å². The van der Waals surface area contributed by atoms with Gasteiger partial charge in [-0.2, -0.15) is 31.6 Å². The molecule has 1 N–H and O–H groups in total. The van der Waals surface area contributed by atoms with Crippen LogP contribution in [0.25, 0.3) is 0 Å². The van der Waals surface area contributed by atoms with Crippen molar-refractivity contribution in [3.63, 3.8) is 0 Å². The van der Waals surface area contributed by atoms with Crippen molar-refractivity contribution in [3.05, 3.63) is 34.6 Å². The van der Waals surface area contributed by atoms with Crippen LogP contribution in [0.2, 0.25) is 0 Å². The van der Waals surface area contributed by atoms with Crippen molar-refractivity contribution in [3.8, 4) is 6.07 Å². The third-order valence-corrected chi connectivity index (χ3v) is 3.97. The molecule has 10 heteroatoms. The summed E-state index contributed by atoms with van der Waals surface area (Å²) in [5.41, 5.74) is -4.32. The lowest BCUT2D eigenvalue weighted by molar-refractivity contribution is -0.144. The maximum absolute atomic E-state index is 14.3. The summed E-state index contributed by atoms with van der Waals surface area (Å²) in [7, 11) is 0. The molecule has 0 saturated carbocycles. The standard InChI is InChI=1S/C15H14F7N3/c16-11-8-9(14(17,18)19)7-10(15(20,21)22)13(11)12(1-2-23)25-5-3-24-4-6-25/h7-8,12,24H,1,3-6H2/t12-/m0/s1. The van der Waals surface area contributed by atoms with Crippen LogP contribution in [0, 0.1) is 17.1 Å². The molecule has 0 amide bonds. The number of nitrogens with one attached hydrogen (secondary N) is 1. The zero-order valence-corrected chi connectivity index (χ0v) is 12.8. The summed E-state index contributed by atoms with van der Waals surface area (Å²) in [6.07, 6.45) is -10.8. The summed E-state index contributed by atoms with van der Waals surface area (Å²) in [5.74, 6) is -1.61. The molecule has 1 aliphatic rings. The van der Waals surface area contributed by atoms with Gasteiger partial charge >= 0.3 is 12.4 Å². The first-order chi connectivity index (χ1) is 11.6. The zero-order valence-electron chi connectivity index (χ0n) is 12.8. The summed E-state index contributed by atoms with van der Waals surface area (Å²) in [6.45, 7) is 1.35. The summed E-state index contributed by atoms with van der Waals surface area (Å²) >= 11 is 0. The van der Waals surface area contributed by atoms with Gasteiger partial charge in [0, 0.05) is 31.7 Å². The van der Waals surface area contributed by atoms with E-state index in [1.54, 1.807) is 6.07 Å². The largest absolute Gasteiger partial charge is 0.416 e. The van der Waals surface area contributed by atoms with Gasteiger partial charge in [-0.1, -0.05) is 0 Å². The lowest BCUT2D eigenvalue weighted by Gasteiger charge is -2.35. The van der Waals surface area contributed by atoms with Crippen LogP contribution in [0.1, 0.15) is 29.2 Å². The highest BCUT2D eigenvalue weighted by Gasteiger charge is 2.42. The topological polar surface area (TPSA) is 39.1 Å². The third kappa shape index (κ3) is 4.41. The average Bonchev–Trinajstić information content (AvgIpc) is 2.51. The van der Waals surface area contributed by atoms with Gasteiger partial charge in [0.1, 0.15) is 5.82 Å². The Morgan fingerprint density at radius 2 is 1.68 bits per heavy atom. The minimum atomic E-state index is -5.18. The monoisotopic (exact) mass is 369 g/mol. The van der Waals surface area contributed by atoms with Gasteiger partial charge in [0.15, 0.2) is 0 Å². The molecule has 0 aliphatic carbocycles. The smallest absolute Gasteiger partial charge is 0.314 e. The first kappa shape index (κ1) is 19.5. The number of piperazine rings is 1. The van der Waals surface area contributed by atoms with Crippen molar-refractivity contribution >= 4 is 0 Å². The lowest BCUT2D eigenvalue weighted by Crippen LogP contribution is -2.45. The Kier molecular flexibility index (Phi) is 5.58. The number of rotatable bonds is 3. The molecule has 1 aromatic carbocycles. The van der Waals surface area contributed by atoms with E-state index in [-0.39, 0.29) is 25.2 Å². The van der Waals surface area contributed by atoms with Crippen molar-refractivity contribution in [1.82, 2.24) is 10.2 Å². The van der Waals surface area contributed by atoms with Crippen LogP contribution in [0.4, 0.5) is 30.7 Å². The molecule has 1 fully saturated rings. The Morgan fingerprint density at radius 1 is 1.08 bits per heavy atom. The molecule has 1 aliphatic heterocycles. The zero-order chi connectivity index (χ0) is 18.8. The van der Waals surface area contributed by atoms with Gasteiger partial charge < -0.3 is 5.32 Å². The van der Waals surface area contributed by atoms with Crippen LogP contribution in [0.3, 0.4) is 0 Å². The molecule has 0 spiro atoms. The van der Waals surface area contributed by atoms with Gasteiger partial charge in [0.2, 0.25) is 0 Å². The molecule has 0 radical (unpaired) electrons. The summed E-state index contributed by atoms with van der Waals surface area (Å²) in [5, 5.41) is 11.9. The summed E-state index contributed by atoms with van der Waals surface area (Å²) in [6, 6.07) is 0.384. The fraction of sp³-hybridized carbons (Fsp3) is 0.533. The van der Waals surface area contributed by atoms with Crippen LogP contribution in [-0.4, -0.2) is 31.1 Å². The number of benzene rings is 1. The quantitative estimate of drug-likeness (QED) is 0.826. The van der Waals surface area contributed by atoms with E-state index in [0.717, 1.165) is 0 Å². The lowest BCUT2D eigenvalue weighted by atomic mass is 9.93. The predicted molar refractivity (Wildman–Crippen MR) is 73.8 cm³/mol. The van der Waals surface area contributed by atoms with Crippen LogP contribution in [0.5, 0.6) is 0 Å². The molecule has 138 valence electrons. The summed E-state index contributed by atoms with van der Waals surface area (Å²) in [4.78, 5) is 1.47. The second kappa shape index (κ2) is 7.17. The minimum Gasteiger partial charge on any atom is -0.314 e. The Hall–Kier alpha value is -1.86. The number of hydrogen-bond acceptors (Lipinski definition) is 3. The number of nitriles is 1. The van der Waals surface area contributed by atoms with Gasteiger partial charge in [-0.3, -0.25) is 4.90 Å². The van der Waals surface area contributed by atoms with Gasteiger partial charge in [0.25, 0.3) is 0 Å². The number of halogens is 7. The number of hydrogen-bond donors (Lipinski definition) is 1. The van der Waals surface area contributed by atoms with Gasteiger partial charge in [-0.15, -0.1) is 0 Å². The van der Waals surface area contributed by atoms with Crippen molar-refractivity contribution in [2.45, 2.75) is 24.8 Å². The molecule has 25 heavy (non-hydrogen) atoms. The van der Waals surface area contributed by atoms with Crippen molar-refractivity contribution in [2.24, 2.45) is 0 Å². The second-order valence-corrected chi connectivity index (χ2v) is 5.58. The fourth-order valence-corrected chi connectivity index (χ4v) is 2.85. The van der Waals surface area contributed by atoms with E-state index in [2.05, 4.69) is 5.32 Å². The van der Waals surface area contributed by atoms with E-state index in [4.69, 9.17) is 5.26 Å². The molecule has 2 rings (SSSR count). The minimum absolute atomic E-state index is 0.0527. The van der Waals surface area contributed by atoms with Crippen LogP contribution >= 0.6 is 0 Å². The highest BCUT2D eigenvalue weighted by Crippen LogP contribution is 2.42. The Bertz CT molecular complexity index is 655. The molecule has 0 bridgehead atoms. The van der Waals surface area contributed by atoms with E-state index >= 15 is 0 Å². The van der Waals surface area contributed by atoms with E-state index in [9.17, 15) is 30.7 Å². The fourth-order valence-electron chi connectivity index (χ4n) is 2.85. The van der Waals surface area contributed by atoms with Crippen molar-refractivity contribution in [1.29, 1.82) is 5.26 Å². The maximum Gasteiger partial charge on any atom is 0.416 e. The van der Waals surface area contributed by atoms with Crippen LogP contribution < -0.4 is 5.32 Å². The average molecular weight is 369 g/mol. The first-order valence-electron chi connectivity index (χ1n) is 7.35. The highest BCUT2D eigenvalue weighted by atomic mass is 19.4. The Balaban J connectivity index is 2.62. The van der Waals surface area contributed by atoms with Crippen molar-refractivity contribution < 1.29 is 30.7 Å². The predicted octanol–water partition coefficient (Wildman–Crippen LogP) is 3.72. The molecular formula is C15H14F7N3.